The van der Waals surface area contributed by atoms with Gasteiger partial charge in [0.05, 0.1) is 27.7 Å². The number of aromatic nitrogens is 1. The first-order chi connectivity index (χ1) is 13.2. The Bertz CT molecular complexity index is 949. The summed E-state index contributed by atoms with van der Waals surface area (Å²) in [6.45, 7) is 0. The van der Waals surface area contributed by atoms with Crippen LogP contribution >= 0.6 is 11.8 Å². The highest BCUT2D eigenvalue weighted by Crippen LogP contribution is 2.40. The number of hydrogen-bond acceptors (Lipinski definition) is 6. The van der Waals surface area contributed by atoms with Crippen LogP contribution in [0.2, 0.25) is 0 Å². The molecule has 1 aromatic carbocycles. The van der Waals surface area contributed by atoms with Crippen molar-refractivity contribution in [1.29, 1.82) is 5.26 Å². The molecular formula is C19H15F3N4OS. The summed E-state index contributed by atoms with van der Waals surface area (Å²) < 4.78 is 37.8. The van der Waals surface area contributed by atoms with Crippen LogP contribution in [0, 0.1) is 11.3 Å². The Kier molecular flexibility index (Phi) is 5.34. The van der Waals surface area contributed by atoms with Gasteiger partial charge >= 0.3 is 6.18 Å². The lowest BCUT2D eigenvalue weighted by Crippen LogP contribution is -2.26. The summed E-state index contributed by atoms with van der Waals surface area (Å²) >= 11 is 0.986. The molecule has 0 radical (unpaired) electrons. The van der Waals surface area contributed by atoms with Crippen LogP contribution in [0.25, 0.3) is 0 Å². The van der Waals surface area contributed by atoms with E-state index in [1.54, 1.807) is 23.9 Å². The minimum Gasteiger partial charge on any atom is -0.328 e. The summed E-state index contributed by atoms with van der Waals surface area (Å²) in [7, 11) is 3.54. The van der Waals surface area contributed by atoms with Gasteiger partial charge in [-0.1, -0.05) is 23.9 Å². The van der Waals surface area contributed by atoms with E-state index in [1.807, 2.05) is 30.3 Å². The molecule has 0 fully saturated rings. The second-order valence-electron chi connectivity index (χ2n) is 6.01. The van der Waals surface area contributed by atoms with Gasteiger partial charge in [0.25, 0.3) is 0 Å². The van der Waals surface area contributed by atoms with Gasteiger partial charge in [0, 0.05) is 20.3 Å². The predicted molar refractivity (Wildman–Crippen MR) is 101 cm³/mol. The summed E-state index contributed by atoms with van der Waals surface area (Å²) in [4.78, 5) is 19.9. The quantitative estimate of drug-likeness (QED) is 0.435. The van der Waals surface area contributed by atoms with Gasteiger partial charge in [0.1, 0.15) is 17.5 Å². The van der Waals surface area contributed by atoms with Crippen LogP contribution in [-0.2, 0) is 11.0 Å². The lowest BCUT2D eigenvalue weighted by Gasteiger charge is -2.19. The number of ketones is 1. The smallest absolute Gasteiger partial charge is 0.328 e. The first kappa shape index (κ1) is 19.8. The number of para-hydroxylation sites is 2. The summed E-state index contributed by atoms with van der Waals surface area (Å²) in [6.07, 6.45) is -3.73. The van der Waals surface area contributed by atoms with Crippen LogP contribution in [0.1, 0.15) is 5.56 Å². The summed E-state index contributed by atoms with van der Waals surface area (Å²) in [6, 6.07) is 11.6. The van der Waals surface area contributed by atoms with Gasteiger partial charge in [-0.05, 0) is 24.3 Å². The van der Waals surface area contributed by atoms with Crippen LogP contribution in [0.4, 0.5) is 24.5 Å². The van der Waals surface area contributed by atoms with E-state index in [0.717, 1.165) is 35.4 Å². The van der Waals surface area contributed by atoms with Crippen molar-refractivity contribution in [3.63, 3.8) is 0 Å². The lowest BCUT2D eigenvalue weighted by atomic mass is 10.2. The molecule has 1 aliphatic heterocycles. The molecule has 0 spiro atoms. The molecule has 2 heterocycles. The van der Waals surface area contributed by atoms with Gasteiger partial charge in [-0.15, -0.1) is 0 Å². The fourth-order valence-electron chi connectivity index (χ4n) is 2.90. The van der Waals surface area contributed by atoms with Crippen molar-refractivity contribution in [1.82, 2.24) is 4.98 Å². The van der Waals surface area contributed by atoms with Crippen molar-refractivity contribution in [2.24, 2.45) is 0 Å². The van der Waals surface area contributed by atoms with E-state index in [0.29, 0.717) is 5.82 Å². The number of thioether (sulfide) groups is 1. The Morgan fingerprint density at radius 1 is 1.14 bits per heavy atom. The average molecular weight is 404 g/mol. The van der Waals surface area contributed by atoms with Gasteiger partial charge in [-0.3, -0.25) is 4.79 Å². The number of fused-ring (bicyclic) bond motifs is 1. The number of halogens is 3. The first-order valence-corrected chi connectivity index (χ1v) is 9.12. The van der Waals surface area contributed by atoms with Crippen LogP contribution in [0.3, 0.4) is 0 Å². The lowest BCUT2D eigenvalue weighted by molar-refractivity contribution is -0.137. The Morgan fingerprint density at radius 2 is 1.75 bits per heavy atom. The molecule has 1 aromatic heterocycles. The molecule has 0 amide bonds. The minimum absolute atomic E-state index is 0.0133. The van der Waals surface area contributed by atoms with Crippen molar-refractivity contribution in [2.75, 3.05) is 29.6 Å². The number of Topliss-reactive ketones (excluding diaryl/α,β-unsaturated/α-hetero) is 1. The highest BCUT2D eigenvalue weighted by molar-refractivity contribution is 7.99. The highest BCUT2D eigenvalue weighted by Gasteiger charge is 2.32. The van der Waals surface area contributed by atoms with Crippen molar-refractivity contribution < 1.29 is 18.0 Å². The van der Waals surface area contributed by atoms with Gasteiger partial charge < -0.3 is 9.80 Å². The molecule has 0 unspecified atom stereocenters. The highest BCUT2D eigenvalue weighted by atomic mass is 32.2. The van der Waals surface area contributed by atoms with E-state index in [2.05, 4.69) is 4.98 Å². The van der Waals surface area contributed by atoms with E-state index in [-0.39, 0.29) is 16.4 Å². The number of anilines is 2. The largest absolute Gasteiger partial charge is 0.417 e. The number of alkyl halides is 3. The molecule has 5 nitrogen and oxygen atoms in total. The van der Waals surface area contributed by atoms with Crippen LogP contribution in [0.5, 0.6) is 0 Å². The third-order valence-electron chi connectivity index (χ3n) is 4.27. The zero-order valence-corrected chi connectivity index (χ0v) is 15.8. The number of nitrogens with zero attached hydrogens (tertiary/aromatic N) is 4. The molecular weight excluding hydrogens is 389 g/mol. The number of allylic oxidation sites excluding steroid dienone is 1. The fourth-order valence-corrected chi connectivity index (χ4v) is 3.62. The molecule has 0 aliphatic carbocycles. The van der Waals surface area contributed by atoms with E-state index < -0.39 is 17.5 Å². The second-order valence-corrected chi connectivity index (χ2v) is 7.01. The van der Waals surface area contributed by atoms with E-state index in [4.69, 9.17) is 0 Å². The van der Waals surface area contributed by atoms with Crippen molar-refractivity contribution in [3.05, 3.63) is 59.6 Å². The summed E-state index contributed by atoms with van der Waals surface area (Å²) in [5.41, 5.74) is 0.880. The molecule has 0 saturated carbocycles. The summed E-state index contributed by atoms with van der Waals surface area (Å²) in [5, 5.41) is 9.84. The normalized spacial score (nSPS) is 13.4. The molecule has 144 valence electrons. The van der Waals surface area contributed by atoms with Crippen molar-refractivity contribution >= 4 is 28.9 Å². The number of benzene rings is 1. The topological polar surface area (TPSA) is 60.2 Å². The SMILES string of the molecule is CN1C(=C(C#N)C(=O)CSc2ccc(C(F)(F)F)cn2)N(C)c2ccccc21. The van der Waals surface area contributed by atoms with Crippen LogP contribution < -0.4 is 9.80 Å². The fraction of sp³-hybridized carbons (Fsp3) is 0.211. The van der Waals surface area contributed by atoms with E-state index in [9.17, 15) is 23.2 Å². The van der Waals surface area contributed by atoms with Crippen LogP contribution in [-0.4, -0.2) is 30.6 Å². The maximum atomic E-state index is 12.6. The van der Waals surface area contributed by atoms with Crippen LogP contribution in [0.15, 0.2) is 59.0 Å². The zero-order chi connectivity index (χ0) is 20.5. The number of carbonyl (C=O) groups is 1. The summed E-state index contributed by atoms with van der Waals surface area (Å²) in [5.74, 6) is -0.0617. The van der Waals surface area contributed by atoms with E-state index >= 15 is 0 Å². The number of nitriles is 1. The van der Waals surface area contributed by atoms with Gasteiger partial charge in [-0.2, -0.15) is 18.4 Å². The van der Waals surface area contributed by atoms with Crippen molar-refractivity contribution in [3.8, 4) is 6.07 Å². The first-order valence-electron chi connectivity index (χ1n) is 8.14. The molecule has 0 saturated heterocycles. The number of pyridine rings is 1. The maximum Gasteiger partial charge on any atom is 0.417 e. The second kappa shape index (κ2) is 7.56. The van der Waals surface area contributed by atoms with Gasteiger partial charge in [0.2, 0.25) is 0 Å². The molecule has 1 aliphatic rings. The standard InChI is InChI=1S/C19H15F3N4OS/c1-25-14-5-3-4-6-15(14)26(2)18(25)13(9-23)16(27)11-28-17-8-7-12(10-24-17)19(20,21)22/h3-8,10H,11H2,1-2H3. The number of rotatable bonds is 4. The Hall–Kier alpha value is -2.99. The third kappa shape index (κ3) is 3.68. The monoisotopic (exact) mass is 404 g/mol. The average Bonchev–Trinajstić information content (AvgIpc) is 2.92. The van der Waals surface area contributed by atoms with Gasteiger partial charge in [0.15, 0.2) is 5.78 Å². The van der Waals surface area contributed by atoms with Gasteiger partial charge in [-0.25, -0.2) is 4.98 Å². The Labute approximate surface area is 164 Å². The molecule has 2 aromatic rings. The molecule has 0 N–H and O–H groups in total. The van der Waals surface area contributed by atoms with Crippen molar-refractivity contribution in [2.45, 2.75) is 11.2 Å². The molecule has 9 heteroatoms. The Morgan fingerprint density at radius 3 is 2.21 bits per heavy atom. The minimum atomic E-state index is -4.46. The third-order valence-corrected chi connectivity index (χ3v) is 5.21. The molecule has 28 heavy (non-hydrogen) atoms. The van der Waals surface area contributed by atoms with E-state index in [1.165, 1.54) is 6.07 Å². The maximum absolute atomic E-state index is 12.6. The number of carbonyl (C=O) groups excluding carboxylic acids is 1. The number of hydrogen-bond donors (Lipinski definition) is 0. The molecule has 0 atom stereocenters. The Balaban J connectivity index is 1.78. The molecule has 0 bridgehead atoms. The zero-order valence-electron chi connectivity index (χ0n) is 15.0. The predicted octanol–water partition coefficient (Wildman–Crippen LogP) is 4.08. The molecule has 3 rings (SSSR count).